The molecule has 0 aliphatic rings. The minimum atomic E-state index is 0.296. The summed E-state index contributed by atoms with van der Waals surface area (Å²) in [5.41, 5.74) is 0.296. The van der Waals surface area contributed by atoms with Crippen LogP contribution in [-0.4, -0.2) is 0 Å². The summed E-state index contributed by atoms with van der Waals surface area (Å²) in [6, 6.07) is 0. The topological polar surface area (TPSA) is 0 Å². The van der Waals surface area contributed by atoms with Gasteiger partial charge in [0.15, 0.2) is 0 Å². The molecule has 0 rings (SSSR count). The normalized spacial score (nSPS) is 12.0. The molecule has 0 unspecified atom stereocenters. The lowest BCUT2D eigenvalue weighted by molar-refractivity contribution is 0.404. The molecule has 12 heavy (non-hydrogen) atoms. The Morgan fingerprint density at radius 3 is 1.92 bits per heavy atom. The Labute approximate surface area is 78.8 Å². The molecule has 0 amide bonds. The molecule has 0 aliphatic heterocycles. The SMILES string of the molecule is [CH2]C(C)(C)CCCCCCCC. The van der Waals surface area contributed by atoms with Gasteiger partial charge in [-0.2, -0.15) is 0 Å². The molecule has 0 aromatic rings. The molecular formula is C12H25. The first-order chi connectivity index (χ1) is 5.56. The van der Waals surface area contributed by atoms with Gasteiger partial charge in [-0.3, -0.25) is 0 Å². The van der Waals surface area contributed by atoms with Crippen molar-refractivity contribution in [3.05, 3.63) is 6.92 Å². The van der Waals surface area contributed by atoms with E-state index in [0.29, 0.717) is 5.41 Å². The van der Waals surface area contributed by atoms with Gasteiger partial charge >= 0.3 is 0 Å². The van der Waals surface area contributed by atoms with E-state index in [-0.39, 0.29) is 0 Å². The molecule has 0 aromatic carbocycles. The number of rotatable bonds is 7. The van der Waals surface area contributed by atoms with E-state index in [4.69, 9.17) is 0 Å². The first-order valence-corrected chi connectivity index (χ1v) is 5.41. The molecule has 0 N–H and O–H groups in total. The summed E-state index contributed by atoms with van der Waals surface area (Å²) in [6.07, 6.45) is 9.64. The van der Waals surface area contributed by atoms with Crippen molar-refractivity contribution in [1.29, 1.82) is 0 Å². The lowest BCUT2D eigenvalue weighted by atomic mass is 9.89. The molecule has 0 aliphatic carbocycles. The molecule has 0 heterocycles. The van der Waals surface area contributed by atoms with Gasteiger partial charge in [-0.1, -0.05) is 59.3 Å². The maximum atomic E-state index is 4.10. The van der Waals surface area contributed by atoms with E-state index in [9.17, 15) is 0 Å². The minimum absolute atomic E-state index is 0.296. The van der Waals surface area contributed by atoms with Gasteiger partial charge in [0.1, 0.15) is 0 Å². The van der Waals surface area contributed by atoms with E-state index >= 15 is 0 Å². The first kappa shape index (κ1) is 12.0. The Balaban J connectivity index is 3.01. The highest BCUT2D eigenvalue weighted by Crippen LogP contribution is 2.21. The molecule has 0 heteroatoms. The number of hydrogen-bond acceptors (Lipinski definition) is 0. The summed E-state index contributed by atoms with van der Waals surface area (Å²) in [6.45, 7) is 10.8. The Morgan fingerprint density at radius 1 is 0.917 bits per heavy atom. The van der Waals surface area contributed by atoms with Crippen LogP contribution in [0.15, 0.2) is 0 Å². The van der Waals surface area contributed by atoms with Crippen molar-refractivity contribution < 1.29 is 0 Å². The third-order valence-corrected chi connectivity index (χ3v) is 2.21. The van der Waals surface area contributed by atoms with Crippen molar-refractivity contribution >= 4 is 0 Å². The number of unbranched alkanes of at least 4 members (excludes halogenated alkanes) is 5. The average Bonchev–Trinajstić information content (AvgIpc) is 1.94. The van der Waals surface area contributed by atoms with E-state index < -0.39 is 0 Å². The summed E-state index contributed by atoms with van der Waals surface area (Å²) < 4.78 is 0. The van der Waals surface area contributed by atoms with Crippen LogP contribution in [0.2, 0.25) is 0 Å². The maximum Gasteiger partial charge on any atom is -0.0354 e. The zero-order chi connectivity index (χ0) is 9.45. The predicted octanol–water partition coefficient (Wildman–Crippen LogP) is 4.60. The van der Waals surface area contributed by atoms with E-state index in [1.165, 1.54) is 44.9 Å². The minimum Gasteiger partial charge on any atom is -0.0654 e. The lowest BCUT2D eigenvalue weighted by Gasteiger charge is -2.17. The van der Waals surface area contributed by atoms with Crippen molar-refractivity contribution in [2.24, 2.45) is 5.41 Å². The fourth-order valence-electron chi connectivity index (χ4n) is 1.38. The van der Waals surface area contributed by atoms with Crippen molar-refractivity contribution in [3.63, 3.8) is 0 Å². The standard InChI is InChI=1S/C12H25/c1-5-6-7-8-9-10-11-12(2,3)4/h2,5-11H2,1,3-4H3. The van der Waals surface area contributed by atoms with Gasteiger partial charge in [0.05, 0.1) is 0 Å². The van der Waals surface area contributed by atoms with Crippen LogP contribution in [0, 0.1) is 12.3 Å². The fourth-order valence-corrected chi connectivity index (χ4v) is 1.38. The summed E-state index contributed by atoms with van der Waals surface area (Å²) in [4.78, 5) is 0. The zero-order valence-corrected chi connectivity index (χ0v) is 9.16. The smallest absolute Gasteiger partial charge is 0.0354 e. The Morgan fingerprint density at radius 2 is 1.42 bits per heavy atom. The highest BCUT2D eigenvalue weighted by molar-refractivity contribution is 4.69. The number of hydrogen-bond donors (Lipinski definition) is 0. The predicted molar refractivity (Wildman–Crippen MR) is 57.1 cm³/mol. The van der Waals surface area contributed by atoms with Gasteiger partial charge in [-0.15, -0.1) is 0 Å². The molecule has 0 bridgehead atoms. The zero-order valence-electron chi connectivity index (χ0n) is 9.16. The van der Waals surface area contributed by atoms with Gasteiger partial charge in [0.2, 0.25) is 0 Å². The molecule has 0 nitrogen and oxygen atoms in total. The Bertz CT molecular complexity index is 86.7. The first-order valence-electron chi connectivity index (χ1n) is 5.41. The van der Waals surface area contributed by atoms with Crippen LogP contribution >= 0.6 is 0 Å². The monoisotopic (exact) mass is 169 g/mol. The van der Waals surface area contributed by atoms with E-state index in [2.05, 4.69) is 27.7 Å². The van der Waals surface area contributed by atoms with Crippen molar-refractivity contribution in [1.82, 2.24) is 0 Å². The van der Waals surface area contributed by atoms with Crippen LogP contribution in [0.25, 0.3) is 0 Å². The highest BCUT2D eigenvalue weighted by atomic mass is 14.1. The van der Waals surface area contributed by atoms with Crippen LogP contribution in [0.3, 0.4) is 0 Å². The molecule has 0 saturated carbocycles. The molecule has 0 spiro atoms. The van der Waals surface area contributed by atoms with Crippen molar-refractivity contribution in [2.75, 3.05) is 0 Å². The second kappa shape index (κ2) is 6.51. The quantitative estimate of drug-likeness (QED) is 0.489. The van der Waals surface area contributed by atoms with Crippen LogP contribution < -0.4 is 0 Å². The van der Waals surface area contributed by atoms with Gasteiger partial charge in [-0.25, -0.2) is 0 Å². The van der Waals surface area contributed by atoms with Crippen molar-refractivity contribution in [2.45, 2.75) is 65.7 Å². The van der Waals surface area contributed by atoms with Gasteiger partial charge in [0.25, 0.3) is 0 Å². The van der Waals surface area contributed by atoms with Crippen LogP contribution in [-0.2, 0) is 0 Å². The summed E-state index contributed by atoms with van der Waals surface area (Å²) in [7, 11) is 0. The Hall–Kier alpha value is 0. The molecule has 0 saturated heterocycles. The van der Waals surface area contributed by atoms with Crippen LogP contribution in [0.4, 0.5) is 0 Å². The van der Waals surface area contributed by atoms with Crippen LogP contribution in [0.1, 0.15) is 65.7 Å². The Kier molecular flexibility index (Phi) is 6.51. The second-order valence-corrected chi connectivity index (χ2v) is 4.68. The summed E-state index contributed by atoms with van der Waals surface area (Å²) in [5, 5.41) is 0. The molecule has 0 fully saturated rings. The van der Waals surface area contributed by atoms with E-state index in [1.807, 2.05) is 0 Å². The van der Waals surface area contributed by atoms with E-state index in [1.54, 1.807) is 0 Å². The van der Waals surface area contributed by atoms with Gasteiger partial charge < -0.3 is 0 Å². The third-order valence-electron chi connectivity index (χ3n) is 2.21. The molecule has 0 aromatic heterocycles. The second-order valence-electron chi connectivity index (χ2n) is 4.68. The van der Waals surface area contributed by atoms with Crippen LogP contribution in [0.5, 0.6) is 0 Å². The van der Waals surface area contributed by atoms with Gasteiger partial charge in [-0.05, 0) is 18.8 Å². The largest absolute Gasteiger partial charge is 0.0654 e. The molecule has 73 valence electrons. The third kappa shape index (κ3) is 10.0. The average molecular weight is 169 g/mol. The maximum absolute atomic E-state index is 4.10. The summed E-state index contributed by atoms with van der Waals surface area (Å²) in [5.74, 6) is 0. The lowest BCUT2D eigenvalue weighted by Crippen LogP contribution is -2.04. The fraction of sp³-hybridized carbons (Fsp3) is 0.917. The van der Waals surface area contributed by atoms with Crippen molar-refractivity contribution in [3.8, 4) is 0 Å². The highest BCUT2D eigenvalue weighted by Gasteiger charge is 2.08. The molecule has 1 radical (unpaired) electrons. The van der Waals surface area contributed by atoms with E-state index in [0.717, 1.165) is 0 Å². The van der Waals surface area contributed by atoms with Gasteiger partial charge in [0, 0.05) is 0 Å². The molecular weight excluding hydrogens is 144 g/mol. The molecule has 0 atom stereocenters. The summed E-state index contributed by atoms with van der Waals surface area (Å²) >= 11 is 0.